The Hall–Kier alpha value is -1.81. The summed E-state index contributed by atoms with van der Waals surface area (Å²) >= 11 is 5.85. The Morgan fingerprint density at radius 1 is 1.29 bits per heavy atom. The predicted molar refractivity (Wildman–Crippen MR) is 78.7 cm³/mol. The molecule has 0 aliphatic heterocycles. The van der Waals surface area contributed by atoms with Crippen LogP contribution in [0.15, 0.2) is 34.9 Å². The smallest absolute Gasteiger partial charge is 0.309 e. The largest absolute Gasteiger partial charge is 0.457 e. The fourth-order valence-corrected chi connectivity index (χ4v) is 2.69. The Balaban J connectivity index is 1.60. The van der Waals surface area contributed by atoms with Crippen molar-refractivity contribution in [2.45, 2.75) is 32.3 Å². The fraction of sp³-hybridized carbons (Fsp3) is 0.375. The Morgan fingerprint density at radius 2 is 2.00 bits per heavy atom. The lowest BCUT2D eigenvalue weighted by molar-refractivity contribution is -0.150. The second kappa shape index (κ2) is 6.31. The highest BCUT2D eigenvalue weighted by molar-refractivity contribution is 6.30. The number of rotatable bonds is 4. The zero-order valence-electron chi connectivity index (χ0n) is 11.5. The van der Waals surface area contributed by atoms with Gasteiger partial charge in [0.05, 0.1) is 5.92 Å². The van der Waals surface area contributed by atoms with E-state index in [0.29, 0.717) is 16.5 Å². The molecule has 1 saturated carbocycles. The Morgan fingerprint density at radius 3 is 2.71 bits per heavy atom. The van der Waals surface area contributed by atoms with Crippen molar-refractivity contribution in [2.75, 3.05) is 0 Å². The summed E-state index contributed by atoms with van der Waals surface area (Å²) in [6.45, 7) is 0.135. The van der Waals surface area contributed by atoms with E-state index < -0.39 is 0 Å². The minimum atomic E-state index is -0.128. The minimum Gasteiger partial charge on any atom is -0.457 e. The molecule has 1 aromatic heterocycles. The molecule has 2 aromatic rings. The second-order valence-corrected chi connectivity index (χ2v) is 5.71. The molecule has 0 N–H and O–H groups in total. The lowest BCUT2D eigenvalue weighted by atomic mass is 10.1. The predicted octanol–water partition coefficient (Wildman–Crippen LogP) is 4.23. The van der Waals surface area contributed by atoms with Gasteiger partial charge in [0.25, 0.3) is 0 Å². The van der Waals surface area contributed by atoms with Crippen LogP contribution in [0.25, 0.3) is 11.3 Å². The molecule has 0 bridgehead atoms. The first-order valence-corrected chi connectivity index (χ1v) is 7.48. The van der Waals surface area contributed by atoms with Gasteiger partial charge in [0.1, 0.15) is 5.69 Å². The average molecular weight is 306 g/mol. The van der Waals surface area contributed by atoms with Gasteiger partial charge in [-0.1, -0.05) is 41.7 Å². The van der Waals surface area contributed by atoms with Gasteiger partial charge >= 0.3 is 5.97 Å². The first-order valence-electron chi connectivity index (χ1n) is 7.10. The molecule has 5 heteroatoms. The van der Waals surface area contributed by atoms with E-state index in [1.54, 1.807) is 18.2 Å². The summed E-state index contributed by atoms with van der Waals surface area (Å²) < 4.78 is 10.5. The molecule has 1 heterocycles. The van der Waals surface area contributed by atoms with Crippen LogP contribution in [0.3, 0.4) is 0 Å². The monoisotopic (exact) mass is 305 g/mol. The summed E-state index contributed by atoms with van der Waals surface area (Å²) in [5.74, 6) is 0.479. The number of nitrogens with zero attached hydrogens (tertiary/aromatic N) is 1. The highest BCUT2D eigenvalue weighted by Crippen LogP contribution is 2.26. The van der Waals surface area contributed by atoms with E-state index in [1.165, 1.54) is 0 Å². The van der Waals surface area contributed by atoms with E-state index >= 15 is 0 Å². The molecule has 4 nitrogen and oxygen atoms in total. The van der Waals surface area contributed by atoms with Gasteiger partial charge in [0, 0.05) is 16.7 Å². The SMILES string of the molecule is O=C(OCc1cc(-c2ccc(Cl)cc2)no1)C1CCCC1. The third kappa shape index (κ3) is 3.45. The summed E-state index contributed by atoms with van der Waals surface area (Å²) in [5.41, 5.74) is 1.62. The van der Waals surface area contributed by atoms with Gasteiger partial charge in [0.2, 0.25) is 0 Å². The molecule has 1 fully saturated rings. The number of ether oxygens (including phenoxy) is 1. The van der Waals surface area contributed by atoms with Crippen molar-refractivity contribution in [2.24, 2.45) is 5.92 Å². The van der Waals surface area contributed by atoms with Crippen LogP contribution >= 0.6 is 11.6 Å². The van der Waals surface area contributed by atoms with E-state index in [9.17, 15) is 4.79 Å². The molecule has 1 aliphatic carbocycles. The summed E-state index contributed by atoms with van der Waals surface area (Å²) in [5, 5.41) is 4.66. The lowest BCUT2D eigenvalue weighted by Gasteiger charge is -2.07. The minimum absolute atomic E-state index is 0.0589. The van der Waals surface area contributed by atoms with Crippen LogP contribution in [-0.4, -0.2) is 11.1 Å². The summed E-state index contributed by atoms with van der Waals surface area (Å²) in [6, 6.07) is 9.12. The number of benzene rings is 1. The van der Waals surface area contributed by atoms with E-state index in [-0.39, 0.29) is 18.5 Å². The third-order valence-corrected chi connectivity index (χ3v) is 4.00. The third-order valence-electron chi connectivity index (χ3n) is 3.74. The maximum atomic E-state index is 11.8. The standard InChI is InChI=1S/C16H16ClNO3/c17-13-7-5-11(6-8-13)15-9-14(21-18-15)10-20-16(19)12-3-1-2-4-12/h5-9,12H,1-4,10H2. The topological polar surface area (TPSA) is 52.3 Å². The molecule has 0 spiro atoms. The van der Waals surface area contributed by atoms with Crippen molar-refractivity contribution in [3.63, 3.8) is 0 Å². The number of carbonyl (C=O) groups is 1. The molecule has 0 saturated heterocycles. The van der Waals surface area contributed by atoms with Crippen LogP contribution in [0.1, 0.15) is 31.4 Å². The van der Waals surface area contributed by atoms with Crippen molar-refractivity contribution in [1.82, 2.24) is 5.16 Å². The molecule has 3 rings (SSSR count). The number of esters is 1. The molecule has 0 radical (unpaired) electrons. The van der Waals surface area contributed by atoms with Gasteiger partial charge in [-0.2, -0.15) is 0 Å². The van der Waals surface area contributed by atoms with E-state index in [1.807, 2.05) is 12.1 Å². The fourth-order valence-electron chi connectivity index (χ4n) is 2.56. The maximum Gasteiger partial charge on any atom is 0.309 e. The Labute approximate surface area is 128 Å². The molecule has 1 aliphatic rings. The van der Waals surface area contributed by atoms with Gasteiger partial charge in [-0.05, 0) is 25.0 Å². The number of carbonyl (C=O) groups excluding carboxylic acids is 1. The highest BCUT2D eigenvalue weighted by Gasteiger charge is 2.24. The molecule has 21 heavy (non-hydrogen) atoms. The zero-order chi connectivity index (χ0) is 14.7. The van der Waals surface area contributed by atoms with Crippen molar-refractivity contribution in [3.8, 4) is 11.3 Å². The van der Waals surface area contributed by atoms with Crippen LogP contribution in [0.2, 0.25) is 5.02 Å². The van der Waals surface area contributed by atoms with Crippen molar-refractivity contribution in [1.29, 1.82) is 0 Å². The van der Waals surface area contributed by atoms with Crippen molar-refractivity contribution in [3.05, 3.63) is 41.1 Å². The van der Waals surface area contributed by atoms with Crippen LogP contribution in [0, 0.1) is 5.92 Å². The molecule has 110 valence electrons. The number of halogens is 1. The Bertz CT molecular complexity index is 615. The maximum absolute atomic E-state index is 11.8. The van der Waals surface area contributed by atoms with E-state index in [2.05, 4.69) is 5.16 Å². The van der Waals surface area contributed by atoms with Crippen LogP contribution < -0.4 is 0 Å². The normalized spacial score (nSPS) is 15.3. The molecular formula is C16H16ClNO3. The second-order valence-electron chi connectivity index (χ2n) is 5.27. The average Bonchev–Trinajstić information content (AvgIpc) is 3.17. The molecule has 1 aromatic carbocycles. The molecular weight excluding hydrogens is 290 g/mol. The van der Waals surface area contributed by atoms with Crippen molar-refractivity contribution >= 4 is 17.6 Å². The lowest BCUT2D eigenvalue weighted by Crippen LogP contribution is -2.14. The number of hydrogen-bond donors (Lipinski definition) is 0. The number of aromatic nitrogens is 1. The van der Waals surface area contributed by atoms with Gasteiger partial charge in [0.15, 0.2) is 12.4 Å². The van der Waals surface area contributed by atoms with Crippen LogP contribution in [0.5, 0.6) is 0 Å². The van der Waals surface area contributed by atoms with Crippen LogP contribution in [-0.2, 0) is 16.1 Å². The molecule has 0 atom stereocenters. The van der Waals surface area contributed by atoms with Gasteiger partial charge in [-0.25, -0.2) is 0 Å². The molecule has 0 unspecified atom stereocenters. The zero-order valence-corrected chi connectivity index (χ0v) is 12.3. The van der Waals surface area contributed by atoms with Crippen molar-refractivity contribution < 1.29 is 14.1 Å². The first-order chi connectivity index (χ1) is 10.2. The quantitative estimate of drug-likeness (QED) is 0.793. The van der Waals surface area contributed by atoms with E-state index in [0.717, 1.165) is 31.2 Å². The summed E-state index contributed by atoms with van der Waals surface area (Å²) in [6.07, 6.45) is 4.10. The van der Waals surface area contributed by atoms with Gasteiger partial charge < -0.3 is 9.26 Å². The van der Waals surface area contributed by atoms with E-state index in [4.69, 9.17) is 20.9 Å². The van der Waals surface area contributed by atoms with Gasteiger partial charge in [-0.3, -0.25) is 4.79 Å². The highest BCUT2D eigenvalue weighted by atomic mass is 35.5. The van der Waals surface area contributed by atoms with Gasteiger partial charge in [-0.15, -0.1) is 0 Å². The Kier molecular flexibility index (Phi) is 4.25. The number of hydrogen-bond acceptors (Lipinski definition) is 4. The first kappa shape index (κ1) is 14.1. The summed E-state index contributed by atoms with van der Waals surface area (Å²) in [4.78, 5) is 11.8. The molecule has 0 amide bonds. The van der Waals surface area contributed by atoms with Crippen LogP contribution in [0.4, 0.5) is 0 Å². The summed E-state index contributed by atoms with van der Waals surface area (Å²) in [7, 11) is 0.